The van der Waals surface area contributed by atoms with Gasteiger partial charge in [0.1, 0.15) is 12.6 Å². The summed E-state index contributed by atoms with van der Waals surface area (Å²) in [4.78, 5) is 35.6. The molecular weight excluding hydrogens is 454 g/mol. The Hall–Kier alpha value is -2.91. The lowest BCUT2D eigenvalue weighted by molar-refractivity contribution is -0.128. The van der Waals surface area contributed by atoms with E-state index in [1.165, 1.54) is 0 Å². The summed E-state index contributed by atoms with van der Waals surface area (Å²) in [5, 5.41) is 14.9. The molecule has 0 bridgehead atoms. The number of carbonyl (C=O) groups excluding carboxylic acids is 3. The van der Waals surface area contributed by atoms with Gasteiger partial charge in [-0.25, -0.2) is 4.79 Å². The van der Waals surface area contributed by atoms with E-state index in [0.29, 0.717) is 0 Å². The zero-order valence-corrected chi connectivity index (χ0v) is 17.8. The van der Waals surface area contributed by atoms with Crippen molar-refractivity contribution < 1.29 is 24.2 Å². The third-order valence-corrected chi connectivity index (χ3v) is 4.95. The van der Waals surface area contributed by atoms with Crippen LogP contribution in [0, 0.1) is 0 Å². The molecule has 0 aromatic heterocycles. The summed E-state index contributed by atoms with van der Waals surface area (Å²) < 4.78 is 5.82. The van der Waals surface area contributed by atoms with Crippen molar-refractivity contribution in [3.05, 3.63) is 70.2 Å². The zero-order chi connectivity index (χ0) is 21.9. The number of aliphatic hydroxyl groups excluding tert-OH is 1. The summed E-state index contributed by atoms with van der Waals surface area (Å²) in [6.45, 7) is -0.0783. The molecule has 2 aromatic carbocycles. The number of rotatable bonds is 10. The minimum absolute atomic E-state index is 0.0958. The van der Waals surface area contributed by atoms with Crippen LogP contribution in [0.2, 0.25) is 0 Å². The Kier molecular flexibility index (Phi) is 9.30. The fraction of sp³-hybridized carbons (Fsp3) is 0.286. The van der Waals surface area contributed by atoms with Crippen LogP contribution in [-0.4, -0.2) is 41.7 Å². The van der Waals surface area contributed by atoms with Gasteiger partial charge >= 0.3 is 6.09 Å². The molecule has 0 aliphatic carbocycles. The molecule has 0 heterocycles. The number of ether oxygens (including phenoxy) is 1. The van der Waals surface area contributed by atoms with Crippen molar-refractivity contribution in [3.63, 3.8) is 0 Å². The second-order valence-electron chi connectivity index (χ2n) is 6.62. The minimum Gasteiger partial charge on any atom is -0.445 e. The van der Waals surface area contributed by atoms with Crippen LogP contribution in [0.1, 0.15) is 17.5 Å². The Morgan fingerprint density at radius 1 is 1.07 bits per heavy atom. The second-order valence-corrected chi connectivity index (χ2v) is 7.47. The first kappa shape index (κ1) is 23.4. The van der Waals surface area contributed by atoms with Crippen LogP contribution in [0.25, 0.3) is 0 Å². The molecule has 0 aliphatic heterocycles. The van der Waals surface area contributed by atoms with Crippen LogP contribution < -0.4 is 16.4 Å². The molecule has 30 heavy (non-hydrogen) atoms. The molecule has 5 N–H and O–H groups in total. The van der Waals surface area contributed by atoms with E-state index in [4.69, 9.17) is 10.5 Å². The molecular formula is C21H24BrN3O5. The van der Waals surface area contributed by atoms with Crippen LogP contribution in [0.5, 0.6) is 0 Å². The van der Waals surface area contributed by atoms with Crippen molar-refractivity contribution in [1.29, 1.82) is 0 Å². The third-order valence-electron chi connectivity index (χ3n) is 4.18. The van der Waals surface area contributed by atoms with Gasteiger partial charge in [0, 0.05) is 17.4 Å². The first-order valence-electron chi connectivity index (χ1n) is 9.30. The van der Waals surface area contributed by atoms with E-state index >= 15 is 0 Å². The molecule has 8 nitrogen and oxygen atoms in total. The number of hydrogen-bond donors (Lipinski definition) is 4. The lowest BCUT2D eigenvalue weighted by Gasteiger charge is -2.18. The molecule has 3 amide bonds. The molecule has 0 unspecified atom stereocenters. The van der Waals surface area contributed by atoms with E-state index in [2.05, 4.69) is 26.6 Å². The molecule has 0 saturated carbocycles. The number of nitrogens with one attached hydrogen (secondary N) is 2. The lowest BCUT2D eigenvalue weighted by atomic mass is 10.1. The zero-order valence-electron chi connectivity index (χ0n) is 16.2. The lowest BCUT2D eigenvalue weighted by Crippen LogP contribution is -2.47. The topological polar surface area (TPSA) is 131 Å². The largest absolute Gasteiger partial charge is 0.445 e. The fourth-order valence-corrected chi connectivity index (χ4v) is 3.07. The normalized spacial score (nSPS) is 12.5. The first-order chi connectivity index (χ1) is 14.3. The van der Waals surface area contributed by atoms with E-state index in [0.717, 1.165) is 15.6 Å². The van der Waals surface area contributed by atoms with Crippen molar-refractivity contribution in [3.8, 4) is 0 Å². The van der Waals surface area contributed by atoms with E-state index < -0.39 is 30.1 Å². The number of hydrogen-bond acceptors (Lipinski definition) is 5. The number of alkyl carbamates (subject to hydrolysis) is 1. The van der Waals surface area contributed by atoms with Gasteiger partial charge in [0.2, 0.25) is 11.8 Å². The standard InChI is InChI=1S/C21H24BrN3O5/c22-17-9-5-4-8-15(17)10-18(20(23)28)25-19(27)11-16(26)12-24-21(29)30-13-14-6-2-1-3-7-14/h1-9,16,18,26H,10-13H2,(H2,23,28)(H,24,29)(H,25,27)/t16-,18-/m0/s1. The molecule has 2 rings (SSSR count). The Morgan fingerprint density at radius 2 is 1.73 bits per heavy atom. The van der Waals surface area contributed by atoms with Crippen LogP contribution in [0.15, 0.2) is 59.1 Å². The summed E-state index contributed by atoms with van der Waals surface area (Å²) in [6.07, 6.45) is -1.95. The first-order valence-corrected chi connectivity index (χ1v) is 10.1. The van der Waals surface area contributed by atoms with Crippen LogP contribution in [0.4, 0.5) is 4.79 Å². The van der Waals surface area contributed by atoms with Crippen LogP contribution in [0.3, 0.4) is 0 Å². The molecule has 160 valence electrons. The molecule has 0 aliphatic rings. The highest BCUT2D eigenvalue weighted by Crippen LogP contribution is 2.17. The Balaban J connectivity index is 1.74. The molecule has 0 spiro atoms. The highest BCUT2D eigenvalue weighted by molar-refractivity contribution is 9.10. The number of nitrogens with two attached hydrogens (primary N) is 1. The van der Waals surface area contributed by atoms with Gasteiger partial charge in [-0.3, -0.25) is 9.59 Å². The Bertz CT molecular complexity index is 863. The van der Waals surface area contributed by atoms with E-state index in [9.17, 15) is 19.5 Å². The monoisotopic (exact) mass is 477 g/mol. The van der Waals surface area contributed by atoms with E-state index in [-0.39, 0.29) is 26.0 Å². The average molecular weight is 478 g/mol. The summed E-state index contributed by atoms with van der Waals surface area (Å²) in [6, 6.07) is 15.5. The summed E-state index contributed by atoms with van der Waals surface area (Å²) >= 11 is 3.39. The molecule has 2 atom stereocenters. The molecule has 2 aromatic rings. The van der Waals surface area contributed by atoms with Crippen molar-refractivity contribution in [1.82, 2.24) is 10.6 Å². The Labute approximate surface area is 182 Å². The van der Waals surface area contributed by atoms with Gasteiger partial charge in [0.25, 0.3) is 0 Å². The number of carbonyl (C=O) groups is 3. The maximum Gasteiger partial charge on any atom is 0.407 e. The summed E-state index contributed by atoms with van der Waals surface area (Å²) in [7, 11) is 0. The number of benzene rings is 2. The van der Waals surface area contributed by atoms with Gasteiger partial charge in [0.05, 0.1) is 12.5 Å². The third kappa shape index (κ3) is 8.22. The maximum atomic E-state index is 12.2. The van der Waals surface area contributed by atoms with Crippen molar-refractivity contribution in [2.75, 3.05) is 6.54 Å². The highest BCUT2D eigenvalue weighted by atomic mass is 79.9. The SMILES string of the molecule is NC(=O)[C@H](Cc1ccccc1Br)NC(=O)C[C@H](O)CNC(=O)OCc1ccccc1. The van der Waals surface area contributed by atoms with Gasteiger partial charge in [0.15, 0.2) is 0 Å². The van der Waals surface area contributed by atoms with Gasteiger partial charge < -0.3 is 26.2 Å². The average Bonchev–Trinajstić information content (AvgIpc) is 2.72. The predicted molar refractivity (Wildman–Crippen MR) is 114 cm³/mol. The summed E-state index contributed by atoms with van der Waals surface area (Å²) in [5.41, 5.74) is 7.03. The van der Waals surface area contributed by atoms with Gasteiger partial charge in [-0.1, -0.05) is 64.5 Å². The smallest absolute Gasteiger partial charge is 0.407 e. The molecule has 0 fully saturated rings. The molecule has 0 radical (unpaired) electrons. The fourth-order valence-electron chi connectivity index (χ4n) is 2.62. The van der Waals surface area contributed by atoms with Crippen LogP contribution in [-0.2, 0) is 27.4 Å². The second kappa shape index (κ2) is 11.9. The quantitative estimate of drug-likeness (QED) is 0.413. The molecule has 9 heteroatoms. The minimum atomic E-state index is -1.15. The number of aliphatic hydroxyl groups is 1. The predicted octanol–water partition coefficient (Wildman–Crippen LogP) is 1.64. The number of amides is 3. The van der Waals surface area contributed by atoms with Crippen molar-refractivity contribution in [2.45, 2.75) is 31.6 Å². The van der Waals surface area contributed by atoms with E-state index in [1.807, 2.05) is 54.6 Å². The van der Waals surface area contributed by atoms with Gasteiger partial charge in [-0.2, -0.15) is 0 Å². The Morgan fingerprint density at radius 3 is 2.40 bits per heavy atom. The van der Waals surface area contributed by atoms with Crippen molar-refractivity contribution in [2.24, 2.45) is 5.73 Å². The van der Waals surface area contributed by atoms with Gasteiger partial charge in [-0.15, -0.1) is 0 Å². The number of primary amides is 1. The molecule has 0 saturated heterocycles. The highest BCUT2D eigenvalue weighted by Gasteiger charge is 2.21. The van der Waals surface area contributed by atoms with Gasteiger partial charge in [-0.05, 0) is 17.2 Å². The van der Waals surface area contributed by atoms with Crippen LogP contribution >= 0.6 is 15.9 Å². The maximum absolute atomic E-state index is 12.2. The van der Waals surface area contributed by atoms with Crippen molar-refractivity contribution >= 4 is 33.8 Å². The number of halogens is 1. The van der Waals surface area contributed by atoms with E-state index in [1.54, 1.807) is 0 Å². The summed E-state index contributed by atoms with van der Waals surface area (Å²) in [5.74, 6) is -1.24.